The number of fused-ring (bicyclic) bond motifs is 1. The van der Waals surface area contributed by atoms with Crippen molar-refractivity contribution >= 4 is 34.2 Å². The molecule has 4 aromatic rings. The first-order chi connectivity index (χ1) is 15.1. The van der Waals surface area contributed by atoms with Gasteiger partial charge in [-0.15, -0.1) is 11.3 Å². The number of nitriles is 1. The minimum absolute atomic E-state index is 0.0515. The molecule has 0 bridgehead atoms. The van der Waals surface area contributed by atoms with Crippen molar-refractivity contribution in [3.8, 4) is 23.3 Å². The molecule has 4 rings (SSSR count). The molecule has 0 aliphatic rings. The summed E-state index contributed by atoms with van der Waals surface area (Å²) in [6.07, 6.45) is 0. The van der Waals surface area contributed by atoms with Crippen LogP contribution in [-0.4, -0.2) is 33.0 Å². The summed E-state index contributed by atoms with van der Waals surface area (Å²) in [5, 5.41) is 10.6. The number of hydrogen-bond acceptors (Lipinski definition) is 7. The number of nitrogens with one attached hydrogen (secondary N) is 2. The minimum Gasteiger partial charge on any atom is -0.484 e. The first-order valence-electron chi connectivity index (χ1n) is 9.18. The largest absolute Gasteiger partial charge is 0.484 e. The molecule has 0 saturated heterocycles. The molecule has 0 unspecified atom stereocenters. The Balaban J connectivity index is 1.36. The van der Waals surface area contributed by atoms with Crippen molar-refractivity contribution in [3.05, 3.63) is 65.0 Å². The Morgan fingerprint density at radius 2 is 1.87 bits per heavy atom. The van der Waals surface area contributed by atoms with Gasteiger partial charge < -0.3 is 9.30 Å². The summed E-state index contributed by atoms with van der Waals surface area (Å²) >= 11 is 1.44. The minimum atomic E-state index is -0.520. The number of carbonyl (C=O) groups is 2. The lowest BCUT2D eigenvalue weighted by atomic mass is 10.2. The van der Waals surface area contributed by atoms with E-state index in [2.05, 4.69) is 20.8 Å². The van der Waals surface area contributed by atoms with Gasteiger partial charge in [0.2, 0.25) is 0 Å². The smallest absolute Gasteiger partial charge is 0.276 e. The summed E-state index contributed by atoms with van der Waals surface area (Å²) in [6, 6.07) is 15.8. The Bertz CT molecular complexity index is 1260. The molecule has 2 heterocycles. The van der Waals surface area contributed by atoms with Gasteiger partial charge in [0, 0.05) is 5.38 Å². The summed E-state index contributed by atoms with van der Waals surface area (Å²) < 4.78 is 7.09. The van der Waals surface area contributed by atoms with Crippen molar-refractivity contribution in [3.63, 3.8) is 0 Å². The molecule has 0 radical (unpaired) electrons. The lowest BCUT2D eigenvalue weighted by Gasteiger charge is -2.11. The van der Waals surface area contributed by atoms with E-state index in [0.29, 0.717) is 22.8 Å². The maximum atomic E-state index is 12.5. The van der Waals surface area contributed by atoms with Crippen LogP contribution in [0.4, 0.5) is 0 Å². The third kappa shape index (κ3) is 4.68. The fourth-order valence-corrected chi connectivity index (χ4v) is 3.42. The molecule has 2 amide bonds. The van der Waals surface area contributed by atoms with Gasteiger partial charge in [0.15, 0.2) is 12.4 Å². The molecule has 2 N–H and O–H groups in total. The molecular formula is C21H16N6O3S. The Hall–Kier alpha value is -4.23. The monoisotopic (exact) mass is 432 g/mol. The van der Waals surface area contributed by atoms with Gasteiger partial charge in [-0.05, 0) is 36.4 Å². The molecule has 0 saturated carbocycles. The number of hydrazine groups is 1. The van der Waals surface area contributed by atoms with Crippen LogP contribution in [0.25, 0.3) is 22.6 Å². The van der Waals surface area contributed by atoms with Gasteiger partial charge in [0.1, 0.15) is 18.0 Å². The zero-order chi connectivity index (χ0) is 21.6. The van der Waals surface area contributed by atoms with Crippen molar-refractivity contribution in [2.75, 3.05) is 6.61 Å². The second kappa shape index (κ2) is 9.06. The van der Waals surface area contributed by atoms with Crippen molar-refractivity contribution in [1.29, 1.82) is 5.26 Å². The van der Waals surface area contributed by atoms with Crippen LogP contribution in [-0.2, 0) is 16.1 Å². The number of thiazole rings is 1. The van der Waals surface area contributed by atoms with Gasteiger partial charge in [-0.3, -0.25) is 20.4 Å². The summed E-state index contributed by atoms with van der Waals surface area (Å²) in [7, 11) is 0. The third-order valence-electron chi connectivity index (χ3n) is 4.31. The quantitative estimate of drug-likeness (QED) is 0.451. The van der Waals surface area contributed by atoms with Crippen LogP contribution >= 0.6 is 11.3 Å². The van der Waals surface area contributed by atoms with E-state index >= 15 is 0 Å². The lowest BCUT2D eigenvalue weighted by molar-refractivity contribution is -0.130. The second-order valence-electron chi connectivity index (χ2n) is 6.41. The van der Waals surface area contributed by atoms with Crippen molar-refractivity contribution in [2.45, 2.75) is 6.54 Å². The Labute approximate surface area is 180 Å². The molecule has 0 spiro atoms. The topological polar surface area (TPSA) is 122 Å². The summed E-state index contributed by atoms with van der Waals surface area (Å²) in [4.78, 5) is 33.3. The average Bonchev–Trinajstić information content (AvgIpc) is 3.45. The molecular weight excluding hydrogens is 416 g/mol. The molecule has 2 aromatic heterocycles. The van der Waals surface area contributed by atoms with Gasteiger partial charge in [-0.25, -0.2) is 9.97 Å². The van der Waals surface area contributed by atoms with Crippen molar-refractivity contribution < 1.29 is 14.3 Å². The van der Waals surface area contributed by atoms with E-state index in [1.54, 1.807) is 34.3 Å². The Morgan fingerprint density at radius 1 is 1.10 bits per heavy atom. The highest BCUT2D eigenvalue weighted by Crippen LogP contribution is 2.24. The number of nitrogens with zero attached hydrogens (tertiary/aromatic N) is 4. The molecule has 2 aromatic carbocycles. The zero-order valence-corrected chi connectivity index (χ0v) is 16.9. The number of benzene rings is 2. The number of rotatable bonds is 6. The molecule has 154 valence electrons. The second-order valence-corrected chi connectivity index (χ2v) is 7.12. The lowest BCUT2D eigenvalue weighted by Crippen LogP contribution is -2.45. The SMILES string of the molecule is N#Cc1ccc(OCC(=O)NNC(=O)Cn2c(-c3cscn3)nc3ccccc32)cc1. The van der Waals surface area contributed by atoms with Crippen LogP contribution in [0.5, 0.6) is 5.75 Å². The van der Waals surface area contributed by atoms with Crippen molar-refractivity contribution in [2.24, 2.45) is 0 Å². The van der Waals surface area contributed by atoms with E-state index in [4.69, 9.17) is 10.00 Å². The zero-order valence-electron chi connectivity index (χ0n) is 16.1. The Kier molecular flexibility index (Phi) is 5.86. The number of para-hydroxylation sites is 2. The van der Waals surface area contributed by atoms with E-state index in [-0.39, 0.29) is 13.2 Å². The van der Waals surface area contributed by atoms with Gasteiger partial charge in [-0.2, -0.15) is 5.26 Å². The third-order valence-corrected chi connectivity index (χ3v) is 4.90. The van der Waals surface area contributed by atoms with Crippen molar-refractivity contribution in [1.82, 2.24) is 25.4 Å². The molecule has 0 aliphatic heterocycles. The van der Waals surface area contributed by atoms with E-state index < -0.39 is 11.8 Å². The molecule has 0 atom stereocenters. The van der Waals surface area contributed by atoms with Crippen LogP contribution in [0.3, 0.4) is 0 Å². The molecule has 31 heavy (non-hydrogen) atoms. The van der Waals surface area contributed by atoms with Gasteiger partial charge >= 0.3 is 0 Å². The average molecular weight is 432 g/mol. The molecule has 0 aliphatic carbocycles. The van der Waals surface area contributed by atoms with Crippen LogP contribution in [0.2, 0.25) is 0 Å². The fraction of sp³-hybridized carbons (Fsp3) is 0.0952. The number of hydrogen-bond donors (Lipinski definition) is 2. The predicted octanol–water partition coefficient (Wildman–Crippen LogP) is 2.26. The van der Waals surface area contributed by atoms with Crippen LogP contribution < -0.4 is 15.6 Å². The van der Waals surface area contributed by atoms with Gasteiger partial charge in [0.05, 0.1) is 28.2 Å². The number of carbonyl (C=O) groups excluding carboxylic acids is 2. The number of imidazole rings is 1. The predicted molar refractivity (Wildman–Crippen MR) is 114 cm³/mol. The Morgan fingerprint density at radius 3 is 2.61 bits per heavy atom. The summed E-state index contributed by atoms with van der Waals surface area (Å²) in [5.41, 5.74) is 9.12. The van der Waals surface area contributed by atoms with E-state index in [0.717, 1.165) is 11.0 Å². The van der Waals surface area contributed by atoms with E-state index in [1.165, 1.54) is 11.3 Å². The highest BCUT2D eigenvalue weighted by Gasteiger charge is 2.16. The van der Waals surface area contributed by atoms with Gasteiger partial charge in [0.25, 0.3) is 11.8 Å². The van der Waals surface area contributed by atoms with Crippen LogP contribution in [0.1, 0.15) is 5.56 Å². The standard InChI is InChI=1S/C21H16N6O3S/c22-9-14-5-7-15(8-6-14)30-11-20(29)26-25-19(28)10-27-18-4-2-1-3-16(18)24-21(27)17-12-31-13-23-17/h1-8,12-13H,10-11H2,(H,25,28)(H,26,29). The first kappa shape index (κ1) is 20.1. The number of ether oxygens (including phenoxy) is 1. The van der Waals surface area contributed by atoms with Crippen LogP contribution in [0, 0.1) is 11.3 Å². The van der Waals surface area contributed by atoms with Crippen LogP contribution in [0.15, 0.2) is 59.4 Å². The van der Waals surface area contributed by atoms with E-state index in [9.17, 15) is 9.59 Å². The van der Waals surface area contributed by atoms with Gasteiger partial charge in [-0.1, -0.05) is 12.1 Å². The molecule has 9 nitrogen and oxygen atoms in total. The number of amides is 2. The summed E-state index contributed by atoms with van der Waals surface area (Å²) in [5.74, 6) is 0.0746. The van der Waals surface area contributed by atoms with E-state index in [1.807, 2.05) is 35.7 Å². The highest BCUT2D eigenvalue weighted by atomic mass is 32.1. The number of aromatic nitrogens is 3. The maximum Gasteiger partial charge on any atom is 0.276 e. The maximum absolute atomic E-state index is 12.5. The highest BCUT2D eigenvalue weighted by molar-refractivity contribution is 7.07. The molecule has 0 fully saturated rings. The normalized spacial score (nSPS) is 10.4. The first-order valence-corrected chi connectivity index (χ1v) is 10.1. The summed E-state index contributed by atoms with van der Waals surface area (Å²) in [6.45, 7) is -0.339. The molecule has 10 heteroatoms. The fourth-order valence-electron chi connectivity index (χ4n) is 2.89.